The fourth-order valence-electron chi connectivity index (χ4n) is 3.03. The number of carbonyl (C=O) groups is 1. The van der Waals surface area contributed by atoms with Gasteiger partial charge in [-0.15, -0.1) is 0 Å². The predicted octanol–water partition coefficient (Wildman–Crippen LogP) is 2.38. The summed E-state index contributed by atoms with van der Waals surface area (Å²) >= 11 is 0. The van der Waals surface area contributed by atoms with Crippen LogP contribution in [0.2, 0.25) is 0 Å². The minimum absolute atomic E-state index is 0.0484. The molecule has 4 nitrogen and oxygen atoms in total. The number of nitrogens with one attached hydrogen (secondary N) is 1. The molecule has 1 aromatic carbocycles. The number of anilines is 1. The van der Waals surface area contributed by atoms with E-state index in [0.717, 1.165) is 24.6 Å². The van der Waals surface area contributed by atoms with Crippen LogP contribution < -0.4 is 11.1 Å². The fraction of sp³-hybridized carbons (Fsp3) is 0.588. The molecule has 0 saturated carbocycles. The Morgan fingerprint density at radius 2 is 2.10 bits per heavy atom. The average molecular weight is 289 g/mol. The first-order valence-electron chi connectivity index (χ1n) is 7.93. The zero-order valence-corrected chi connectivity index (χ0v) is 13.1. The number of piperidine rings is 1. The van der Waals surface area contributed by atoms with E-state index in [1.807, 2.05) is 31.2 Å². The van der Waals surface area contributed by atoms with Crippen LogP contribution in [0.1, 0.15) is 31.7 Å². The summed E-state index contributed by atoms with van der Waals surface area (Å²) in [5, 5.41) is 2.96. The smallest absolute Gasteiger partial charge is 0.238 e. The van der Waals surface area contributed by atoms with Gasteiger partial charge in [0.1, 0.15) is 0 Å². The zero-order valence-electron chi connectivity index (χ0n) is 13.1. The summed E-state index contributed by atoms with van der Waals surface area (Å²) in [6.07, 6.45) is 3.50. The van der Waals surface area contributed by atoms with Gasteiger partial charge < -0.3 is 11.1 Å². The zero-order chi connectivity index (χ0) is 15.2. The summed E-state index contributed by atoms with van der Waals surface area (Å²) in [6.45, 7) is 6.31. The second-order valence-corrected chi connectivity index (χ2v) is 6.07. The molecule has 116 valence electrons. The van der Waals surface area contributed by atoms with Crippen LogP contribution >= 0.6 is 0 Å². The summed E-state index contributed by atoms with van der Waals surface area (Å²) in [5.41, 5.74) is 7.93. The first-order valence-corrected chi connectivity index (χ1v) is 7.93. The Hall–Kier alpha value is -1.39. The Bertz CT molecular complexity index is 458. The summed E-state index contributed by atoms with van der Waals surface area (Å²) in [4.78, 5) is 14.4. The Labute approximate surface area is 127 Å². The first kappa shape index (κ1) is 16.0. The number of carbonyl (C=O) groups excluding carboxylic acids is 1. The minimum atomic E-state index is 0.0484. The van der Waals surface area contributed by atoms with Crippen LogP contribution in [-0.2, 0) is 4.79 Å². The molecule has 1 saturated heterocycles. The molecule has 1 aromatic rings. The molecular weight excluding hydrogens is 262 g/mol. The number of rotatable bonds is 5. The maximum atomic E-state index is 12.2. The van der Waals surface area contributed by atoms with Crippen LogP contribution in [0.25, 0.3) is 0 Å². The number of hydrogen-bond donors (Lipinski definition) is 2. The molecule has 3 N–H and O–H groups in total. The van der Waals surface area contributed by atoms with Gasteiger partial charge in [-0.1, -0.05) is 31.0 Å². The molecule has 2 atom stereocenters. The normalized spacial score (nSPS) is 23.0. The quantitative estimate of drug-likeness (QED) is 0.875. The lowest BCUT2D eigenvalue weighted by Crippen LogP contribution is -2.49. The van der Waals surface area contributed by atoms with Crippen molar-refractivity contribution in [1.82, 2.24) is 4.90 Å². The molecule has 21 heavy (non-hydrogen) atoms. The third-order valence-electron chi connectivity index (χ3n) is 4.48. The summed E-state index contributed by atoms with van der Waals surface area (Å²) < 4.78 is 0. The van der Waals surface area contributed by atoms with Gasteiger partial charge in [0.05, 0.1) is 6.54 Å². The van der Waals surface area contributed by atoms with Crippen molar-refractivity contribution < 1.29 is 4.79 Å². The van der Waals surface area contributed by atoms with Crippen molar-refractivity contribution in [2.45, 2.75) is 39.2 Å². The summed E-state index contributed by atoms with van der Waals surface area (Å²) in [6, 6.07) is 8.23. The van der Waals surface area contributed by atoms with Crippen molar-refractivity contribution in [1.29, 1.82) is 0 Å². The molecule has 1 amide bonds. The van der Waals surface area contributed by atoms with Gasteiger partial charge in [-0.2, -0.15) is 0 Å². The monoisotopic (exact) mass is 289 g/mol. The molecule has 0 aliphatic carbocycles. The number of benzene rings is 1. The van der Waals surface area contributed by atoms with E-state index in [9.17, 15) is 4.79 Å². The molecule has 1 heterocycles. The van der Waals surface area contributed by atoms with Crippen molar-refractivity contribution >= 4 is 11.6 Å². The topological polar surface area (TPSA) is 58.4 Å². The van der Waals surface area contributed by atoms with E-state index in [0.29, 0.717) is 19.1 Å². The molecule has 1 fully saturated rings. The molecule has 2 unspecified atom stereocenters. The summed E-state index contributed by atoms with van der Waals surface area (Å²) in [7, 11) is 0. The van der Waals surface area contributed by atoms with Crippen LogP contribution in [0, 0.1) is 12.8 Å². The highest BCUT2D eigenvalue weighted by atomic mass is 16.2. The number of hydrogen-bond acceptors (Lipinski definition) is 3. The first-order chi connectivity index (χ1) is 10.1. The lowest BCUT2D eigenvalue weighted by atomic mass is 9.89. The number of amides is 1. The molecule has 0 bridgehead atoms. The van der Waals surface area contributed by atoms with E-state index in [1.54, 1.807) is 0 Å². The van der Waals surface area contributed by atoms with Crippen LogP contribution in [0.3, 0.4) is 0 Å². The fourth-order valence-corrected chi connectivity index (χ4v) is 3.03. The number of nitrogens with two attached hydrogens (primary N) is 1. The molecule has 0 aromatic heterocycles. The Kier molecular flexibility index (Phi) is 5.76. The van der Waals surface area contributed by atoms with Crippen molar-refractivity contribution in [3.8, 4) is 0 Å². The van der Waals surface area contributed by atoms with Gasteiger partial charge in [0.15, 0.2) is 0 Å². The van der Waals surface area contributed by atoms with E-state index >= 15 is 0 Å². The van der Waals surface area contributed by atoms with Gasteiger partial charge in [0.2, 0.25) is 5.91 Å². The van der Waals surface area contributed by atoms with Gasteiger partial charge in [0, 0.05) is 18.3 Å². The highest BCUT2D eigenvalue weighted by Crippen LogP contribution is 2.24. The van der Waals surface area contributed by atoms with Gasteiger partial charge >= 0.3 is 0 Å². The van der Waals surface area contributed by atoms with E-state index in [-0.39, 0.29) is 5.91 Å². The lowest BCUT2D eigenvalue weighted by molar-refractivity contribution is -0.118. The largest absolute Gasteiger partial charge is 0.329 e. The lowest BCUT2D eigenvalue weighted by Gasteiger charge is -2.38. The maximum absolute atomic E-state index is 12.2. The maximum Gasteiger partial charge on any atom is 0.238 e. The van der Waals surface area contributed by atoms with E-state index < -0.39 is 0 Å². The third kappa shape index (κ3) is 4.55. The summed E-state index contributed by atoms with van der Waals surface area (Å²) in [5.74, 6) is 0.808. The standard InChI is InChI=1S/C17H27N3O/c1-3-14-8-9-20(16(10-14)11-18)12-17(21)19-15-6-4-13(2)5-7-15/h4-7,14,16H,3,8-12,18H2,1-2H3,(H,19,21). The minimum Gasteiger partial charge on any atom is -0.329 e. The SMILES string of the molecule is CCC1CCN(CC(=O)Nc2ccc(C)cc2)C(CN)C1. The van der Waals surface area contributed by atoms with E-state index in [4.69, 9.17) is 5.73 Å². The van der Waals surface area contributed by atoms with Gasteiger partial charge in [-0.05, 0) is 44.4 Å². The van der Waals surface area contributed by atoms with Gasteiger partial charge in [-0.25, -0.2) is 0 Å². The van der Waals surface area contributed by atoms with E-state index in [2.05, 4.69) is 17.1 Å². The van der Waals surface area contributed by atoms with Crippen LogP contribution in [0.15, 0.2) is 24.3 Å². The molecule has 2 rings (SSSR count). The molecule has 0 spiro atoms. The third-order valence-corrected chi connectivity index (χ3v) is 4.48. The number of aryl methyl sites for hydroxylation is 1. The van der Waals surface area contributed by atoms with Crippen LogP contribution in [-0.4, -0.2) is 36.5 Å². The Morgan fingerprint density at radius 3 is 2.71 bits per heavy atom. The number of likely N-dealkylation sites (tertiary alicyclic amines) is 1. The highest BCUT2D eigenvalue weighted by Gasteiger charge is 2.27. The molecule has 1 aliphatic heterocycles. The second kappa shape index (κ2) is 7.57. The molecule has 1 aliphatic rings. The van der Waals surface area contributed by atoms with Crippen LogP contribution in [0.5, 0.6) is 0 Å². The van der Waals surface area contributed by atoms with Crippen molar-refractivity contribution in [3.63, 3.8) is 0 Å². The predicted molar refractivity (Wildman–Crippen MR) is 87.2 cm³/mol. The molecular formula is C17H27N3O. The van der Waals surface area contributed by atoms with E-state index in [1.165, 1.54) is 18.4 Å². The van der Waals surface area contributed by atoms with Crippen LogP contribution in [0.4, 0.5) is 5.69 Å². The van der Waals surface area contributed by atoms with Crippen molar-refractivity contribution in [3.05, 3.63) is 29.8 Å². The highest BCUT2D eigenvalue weighted by molar-refractivity contribution is 5.92. The van der Waals surface area contributed by atoms with Gasteiger partial charge in [-0.3, -0.25) is 9.69 Å². The average Bonchev–Trinajstić information content (AvgIpc) is 2.50. The number of nitrogens with zero attached hydrogens (tertiary/aromatic N) is 1. The van der Waals surface area contributed by atoms with Crippen molar-refractivity contribution in [2.75, 3.05) is 25.0 Å². The van der Waals surface area contributed by atoms with Gasteiger partial charge in [0.25, 0.3) is 0 Å². The molecule has 0 radical (unpaired) electrons. The Morgan fingerprint density at radius 1 is 1.38 bits per heavy atom. The second-order valence-electron chi connectivity index (χ2n) is 6.07. The Balaban J connectivity index is 1.88. The van der Waals surface area contributed by atoms with Crippen molar-refractivity contribution in [2.24, 2.45) is 11.7 Å². The molecule has 4 heteroatoms.